The molecule has 0 aromatic carbocycles. The minimum Gasteiger partial charge on any atom is -0.306 e. The van der Waals surface area contributed by atoms with Crippen molar-refractivity contribution >= 4 is 13.8 Å². The predicted octanol–water partition coefficient (Wildman–Crippen LogP) is 2.83. The monoisotopic (exact) mass is 231 g/mol. The Bertz CT molecular complexity index is 326. The largest absolute Gasteiger partial charge is 0.357 e. The molecule has 0 aliphatic carbocycles. The topological polar surface area (TPSA) is 47.9 Å². The van der Waals surface area contributed by atoms with Gasteiger partial charge in [0.2, 0.25) is 0 Å². The van der Waals surface area contributed by atoms with Crippen LogP contribution in [0.15, 0.2) is 4.99 Å². The van der Waals surface area contributed by atoms with Crippen molar-refractivity contribution in [1.29, 1.82) is 0 Å². The molecule has 86 valence electrons. The van der Waals surface area contributed by atoms with Crippen molar-refractivity contribution in [3.63, 3.8) is 0 Å². The van der Waals surface area contributed by atoms with Crippen LogP contribution in [-0.2, 0) is 13.6 Å². The molecule has 0 spiro atoms. The van der Waals surface area contributed by atoms with Gasteiger partial charge in [0.05, 0.1) is 13.2 Å². The van der Waals surface area contributed by atoms with Gasteiger partial charge in [0.25, 0.3) is 0 Å². The lowest BCUT2D eigenvalue weighted by molar-refractivity contribution is 0.0331. The number of aliphatic imine (C=N–C) groups is 1. The average Bonchev–Trinajstić information content (AvgIpc) is 2.60. The average molecular weight is 231 g/mol. The Kier molecular flexibility index (Phi) is 2.57. The van der Waals surface area contributed by atoms with Gasteiger partial charge >= 0.3 is 7.60 Å². The Hall–Kier alpha value is -0.180. The van der Waals surface area contributed by atoms with Crippen LogP contribution in [0.3, 0.4) is 0 Å². The SMILES string of the molecule is CC1(C)COP(=O)(C2(C)CCC=N2)OC1. The molecule has 1 fully saturated rings. The Morgan fingerprint density at radius 1 is 1.27 bits per heavy atom. The smallest absolute Gasteiger partial charge is 0.306 e. The third-order valence-corrected chi connectivity index (χ3v) is 5.41. The molecule has 0 saturated carbocycles. The van der Waals surface area contributed by atoms with Crippen LogP contribution in [0.5, 0.6) is 0 Å². The lowest BCUT2D eigenvalue weighted by Gasteiger charge is -2.39. The first-order valence-corrected chi connectivity index (χ1v) is 6.84. The molecule has 0 aromatic heterocycles. The van der Waals surface area contributed by atoms with Gasteiger partial charge in [-0.3, -0.25) is 9.56 Å². The van der Waals surface area contributed by atoms with E-state index in [1.807, 2.05) is 27.0 Å². The molecular weight excluding hydrogens is 213 g/mol. The maximum Gasteiger partial charge on any atom is 0.357 e. The first-order chi connectivity index (χ1) is 6.87. The maximum absolute atomic E-state index is 12.5. The van der Waals surface area contributed by atoms with E-state index in [9.17, 15) is 4.57 Å². The van der Waals surface area contributed by atoms with Gasteiger partial charge in [-0.25, -0.2) is 0 Å². The Labute approximate surface area is 90.6 Å². The van der Waals surface area contributed by atoms with Crippen molar-refractivity contribution in [3.8, 4) is 0 Å². The van der Waals surface area contributed by atoms with Crippen molar-refractivity contribution in [3.05, 3.63) is 0 Å². The second kappa shape index (κ2) is 3.41. The lowest BCUT2D eigenvalue weighted by Crippen LogP contribution is -2.35. The van der Waals surface area contributed by atoms with Crippen molar-refractivity contribution in [2.75, 3.05) is 13.2 Å². The highest BCUT2D eigenvalue weighted by molar-refractivity contribution is 7.55. The summed E-state index contributed by atoms with van der Waals surface area (Å²) in [5.74, 6) is 0. The molecule has 2 aliphatic heterocycles. The molecule has 0 radical (unpaired) electrons. The maximum atomic E-state index is 12.5. The van der Waals surface area contributed by atoms with E-state index in [1.54, 1.807) is 0 Å². The second-order valence-corrected chi connectivity index (χ2v) is 7.75. The fourth-order valence-electron chi connectivity index (χ4n) is 1.75. The van der Waals surface area contributed by atoms with E-state index in [2.05, 4.69) is 4.99 Å². The Morgan fingerprint density at radius 2 is 1.87 bits per heavy atom. The van der Waals surface area contributed by atoms with Crippen LogP contribution >= 0.6 is 7.60 Å². The summed E-state index contributed by atoms with van der Waals surface area (Å²) in [7, 11) is -3.05. The summed E-state index contributed by atoms with van der Waals surface area (Å²) in [5, 5.41) is -0.649. The Balaban J connectivity index is 2.16. The molecule has 4 nitrogen and oxygen atoms in total. The van der Waals surface area contributed by atoms with E-state index in [0.29, 0.717) is 13.2 Å². The highest BCUT2D eigenvalue weighted by Crippen LogP contribution is 2.66. The summed E-state index contributed by atoms with van der Waals surface area (Å²) in [6.45, 7) is 6.90. The van der Waals surface area contributed by atoms with Crippen LogP contribution in [0.1, 0.15) is 33.6 Å². The lowest BCUT2D eigenvalue weighted by atomic mass is 9.97. The van der Waals surface area contributed by atoms with Crippen molar-refractivity contribution in [1.82, 2.24) is 0 Å². The zero-order valence-corrected chi connectivity index (χ0v) is 10.4. The zero-order chi connectivity index (χ0) is 11.2. The molecule has 1 saturated heterocycles. The number of hydrogen-bond donors (Lipinski definition) is 0. The normalized spacial score (nSPS) is 38.1. The van der Waals surface area contributed by atoms with Gasteiger partial charge in [0.1, 0.15) is 0 Å². The fraction of sp³-hybridized carbons (Fsp3) is 0.900. The molecular formula is C10H18NO3P. The minimum absolute atomic E-state index is 0.0490. The summed E-state index contributed by atoms with van der Waals surface area (Å²) in [6, 6.07) is 0. The van der Waals surface area contributed by atoms with Gasteiger partial charge in [-0.05, 0) is 19.8 Å². The van der Waals surface area contributed by atoms with Gasteiger partial charge in [0.15, 0.2) is 5.28 Å². The number of hydrogen-bond acceptors (Lipinski definition) is 4. The van der Waals surface area contributed by atoms with Crippen LogP contribution in [0, 0.1) is 5.41 Å². The molecule has 2 aliphatic rings. The summed E-state index contributed by atoms with van der Waals surface area (Å²) in [4.78, 5) is 4.27. The molecule has 0 aromatic rings. The molecule has 2 rings (SSSR count). The van der Waals surface area contributed by atoms with E-state index < -0.39 is 12.9 Å². The second-order valence-electron chi connectivity index (χ2n) is 5.28. The zero-order valence-electron chi connectivity index (χ0n) is 9.52. The van der Waals surface area contributed by atoms with Crippen LogP contribution in [0.25, 0.3) is 0 Å². The van der Waals surface area contributed by atoms with Gasteiger partial charge in [0, 0.05) is 11.6 Å². The third kappa shape index (κ3) is 1.91. The van der Waals surface area contributed by atoms with E-state index in [1.165, 1.54) is 0 Å². The summed E-state index contributed by atoms with van der Waals surface area (Å²) in [5.41, 5.74) is -0.0490. The van der Waals surface area contributed by atoms with Crippen molar-refractivity contribution in [2.45, 2.75) is 38.9 Å². The van der Waals surface area contributed by atoms with E-state index in [-0.39, 0.29) is 5.41 Å². The summed E-state index contributed by atoms with van der Waals surface area (Å²) < 4.78 is 23.5. The third-order valence-electron chi connectivity index (χ3n) is 2.96. The predicted molar refractivity (Wildman–Crippen MR) is 59.4 cm³/mol. The van der Waals surface area contributed by atoms with E-state index >= 15 is 0 Å². The molecule has 0 bridgehead atoms. The molecule has 15 heavy (non-hydrogen) atoms. The highest BCUT2D eigenvalue weighted by Gasteiger charge is 2.51. The summed E-state index contributed by atoms with van der Waals surface area (Å²) >= 11 is 0. The van der Waals surface area contributed by atoms with Gasteiger partial charge < -0.3 is 9.05 Å². The van der Waals surface area contributed by atoms with Crippen LogP contribution in [0.4, 0.5) is 0 Å². The quantitative estimate of drug-likeness (QED) is 0.652. The van der Waals surface area contributed by atoms with Gasteiger partial charge in [-0.15, -0.1) is 0 Å². The van der Waals surface area contributed by atoms with E-state index in [4.69, 9.17) is 9.05 Å². The molecule has 0 N–H and O–H groups in total. The van der Waals surface area contributed by atoms with Crippen molar-refractivity contribution in [2.24, 2.45) is 10.4 Å². The first kappa shape index (κ1) is 11.3. The molecule has 5 heteroatoms. The molecule has 2 heterocycles. The molecule has 1 unspecified atom stereocenters. The van der Waals surface area contributed by atoms with Gasteiger partial charge in [-0.2, -0.15) is 0 Å². The molecule has 0 amide bonds. The van der Waals surface area contributed by atoms with Crippen LogP contribution < -0.4 is 0 Å². The molecule has 1 atom stereocenters. The Morgan fingerprint density at radius 3 is 2.33 bits per heavy atom. The fourth-order valence-corrected chi connectivity index (χ4v) is 4.04. The van der Waals surface area contributed by atoms with Crippen molar-refractivity contribution < 1.29 is 13.6 Å². The number of nitrogens with zero attached hydrogens (tertiary/aromatic N) is 1. The van der Waals surface area contributed by atoms with Crippen LogP contribution in [-0.4, -0.2) is 24.7 Å². The first-order valence-electron chi connectivity index (χ1n) is 5.30. The number of rotatable bonds is 1. The van der Waals surface area contributed by atoms with Crippen LogP contribution in [0.2, 0.25) is 0 Å². The standard InChI is InChI=1S/C10H18NO3P/c1-9(2)7-13-15(12,14-8-9)10(3)5-4-6-11-10/h6H,4-5,7-8H2,1-3H3. The van der Waals surface area contributed by atoms with Gasteiger partial charge in [-0.1, -0.05) is 13.8 Å². The van der Waals surface area contributed by atoms with E-state index in [0.717, 1.165) is 12.8 Å². The minimum atomic E-state index is -3.05. The highest BCUT2D eigenvalue weighted by atomic mass is 31.2. The summed E-state index contributed by atoms with van der Waals surface area (Å²) in [6.07, 6.45) is 3.42.